The zero-order chi connectivity index (χ0) is 18.6. The first-order valence-corrected chi connectivity index (χ1v) is 9.71. The largest absolute Gasteiger partial charge is 0.370 e. The second-order valence-corrected chi connectivity index (χ2v) is 7.35. The van der Waals surface area contributed by atoms with E-state index in [1.165, 1.54) is 41.3 Å². The number of amides is 1. The number of carbonyl (C=O) groups excluding carboxylic acids is 1. The van der Waals surface area contributed by atoms with Crippen LogP contribution in [0.2, 0.25) is 0 Å². The van der Waals surface area contributed by atoms with Crippen LogP contribution in [0, 0.1) is 0 Å². The van der Waals surface area contributed by atoms with Gasteiger partial charge in [-0.15, -0.1) is 0 Å². The van der Waals surface area contributed by atoms with Crippen LogP contribution < -0.4 is 5.73 Å². The van der Waals surface area contributed by atoms with Crippen LogP contribution in [0.5, 0.6) is 0 Å². The molecule has 1 atom stereocenters. The lowest BCUT2D eigenvalue weighted by Crippen LogP contribution is -2.32. The molecular formula is C22H26N4O. The summed E-state index contributed by atoms with van der Waals surface area (Å²) in [6.07, 6.45) is 10.1. The molecule has 0 aliphatic carbocycles. The molecule has 5 nitrogen and oxygen atoms in total. The molecule has 1 aromatic carbocycles. The molecule has 3 aromatic rings. The molecule has 0 unspecified atom stereocenters. The minimum absolute atomic E-state index is 0.262. The van der Waals surface area contributed by atoms with Crippen molar-refractivity contribution in [2.24, 2.45) is 5.73 Å². The Hall–Kier alpha value is -2.66. The van der Waals surface area contributed by atoms with Gasteiger partial charge in [-0.3, -0.25) is 14.7 Å². The summed E-state index contributed by atoms with van der Waals surface area (Å²) in [7, 11) is 0. The number of rotatable bonds is 6. The summed E-state index contributed by atoms with van der Waals surface area (Å²) >= 11 is 0. The van der Waals surface area contributed by atoms with Gasteiger partial charge in [0.1, 0.15) is 0 Å². The van der Waals surface area contributed by atoms with Gasteiger partial charge in [0.05, 0.1) is 0 Å². The molecular weight excluding hydrogens is 336 g/mol. The summed E-state index contributed by atoms with van der Waals surface area (Å²) in [4.78, 5) is 18.1. The summed E-state index contributed by atoms with van der Waals surface area (Å²) in [5.74, 6) is -0.262. The van der Waals surface area contributed by atoms with Crippen molar-refractivity contribution >= 4 is 16.8 Å². The average molecular weight is 362 g/mol. The minimum Gasteiger partial charge on any atom is -0.370 e. The standard InChI is InChI=1S/C22H26N4O/c23-22(27)10-13-26-16-18(19-7-1-2-9-21(19)26)15-25-12-4-3-8-20(25)17-6-5-11-24-14-17/h1-2,5-7,9,11,14,16,20H,3-4,8,10,12-13,15H2,(H2,23,27)/t20-/m0/s1. The van der Waals surface area contributed by atoms with E-state index in [2.05, 4.69) is 44.9 Å². The van der Waals surface area contributed by atoms with E-state index < -0.39 is 0 Å². The fourth-order valence-corrected chi connectivity index (χ4v) is 4.21. The SMILES string of the molecule is NC(=O)CCn1cc(CN2CCCC[C@H]2c2cccnc2)c2ccccc21. The molecule has 2 aromatic heterocycles. The van der Waals surface area contributed by atoms with Crippen molar-refractivity contribution in [1.82, 2.24) is 14.5 Å². The number of aryl methyl sites for hydroxylation is 1. The number of nitrogens with zero attached hydrogens (tertiary/aromatic N) is 3. The van der Waals surface area contributed by atoms with Crippen LogP contribution in [-0.4, -0.2) is 26.9 Å². The number of nitrogens with two attached hydrogens (primary N) is 1. The third-order valence-corrected chi connectivity index (χ3v) is 5.53. The molecule has 1 fully saturated rings. The zero-order valence-corrected chi connectivity index (χ0v) is 15.6. The van der Waals surface area contributed by atoms with Gasteiger partial charge in [-0.05, 0) is 42.6 Å². The van der Waals surface area contributed by atoms with E-state index in [9.17, 15) is 4.79 Å². The van der Waals surface area contributed by atoms with Crippen molar-refractivity contribution in [2.75, 3.05) is 6.54 Å². The van der Waals surface area contributed by atoms with Crippen molar-refractivity contribution in [2.45, 2.75) is 44.8 Å². The van der Waals surface area contributed by atoms with Crippen LogP contribution in [0.15, 0.2) is 55.0 Å². The molecule has 27 heavy (non-hydrogen) atoms. The normalized spacial score (nSPS) is 18.0. The molecule has 0 radical (unpaired) electrons. The zero-order valence-electron chi connectivity index (χ0n) is 15.6. The first-order valence-electron chi connectivity index (χ1n) is 9.71. The summed E-state index contributed by atoms with van der Waals surface area (Å²) in [5.41, 5.74) is 9.14. The maximum atomic E-state index is 11.2. The molecule has 140 valence electrons. The van der Waals surface area contributed by atoms with E-state index in [1.54, 1.807) is 0 Å². The van der Waals surface area contributed by atoms with Crippen molar-refractivity contribution in [1.29, 1.82) is 0 Å². The maximum absolute atomic E-state index is 11.2. The van der Waals surface area contributed by atoms with Crippen LogP contribution in [0.1, 0.15) is 42.9 Å². The van der Waals surface area contributed by atoms with Crippen molar-refractivity contribution in [3.8, 4) is 0 Å². The number of piperidine rings is 1. The van der Waals surface area contributed by atoms with Gasteiger partial charge in [0.15, 0.2) is 0 Å². The number of hydrogen-bond acceptors (Lipinski definition) is 3. The van der Waals surface area contributed by atoms with Crippen LogP contribution in [0.25, 0.3) is 10.9 Å². The van der Waals surface area contributed by atoms with E-state index in [4.69, 9.17) is 5.73 Å². The van der Waals surface area contributed by atoms with Crippen molar-refractivity contribution < 1.29 is 4.79 Å². The lowest BCUT2D eigenvalue weighted by molar-refractivity contribution is -0.118. The molecule has 5 heteroatoms. The van der Waals surface area contributed by atoms with E-state index in [0.717, 1.165) is 13.1 Å². The second-order valence-electron chi connectivity index (χ2n) is 7.35. The molecule has 4 rings (SSSR count). The summed E-state index contributed by atoms with van der Waals surface area (Å²) in [6.45, 7) is 2.63. The highest BCUT2D eigenvalue weighted by molar-refractivity contribution is 5.84. The Labute approximate surface area is 159 Å². The monoisotopic (exact) mass is 362 g/mol. The molecule has 0 bridgehead atoms. The Balaban J connectivity index is 1.62. The number of para-hydroxylation sites is 1. The molecule has 0 saturated carbocycles. The highest BCUT2D eigenvalue weighted by Crippen LogP contribution is 2.33. The summed E-state index contributed by atoms with van der Waals surface area (Å²) in [6, 6.07) is 13.1. The average Bonchev–Trinajstić information content (AvgIpc) is 3.05. The van der Waals surface area contributed by atoms with Gasteiger partial charge >= 0.3 is 0 Å². The van der Waals surface area contributed by atoms with Crippen LogP contribution in [-0.2, 0) is 17.9 Å². The third kappa shape index (κ3) is 3.88. The first-order chi connectivity index (χ1) is 13.2. The lowest BCUT2D eigenvalue weighted by Gasteiger charge is -2.35. The van der Waals surface area contributed by atoms with Gasteiger partial charge in [-0.1, -0.05) is 30.7 Å². The highest BCUT2D eigenvalue weighted by atomic mass is 16.1. The number of primary amides is 1. The fourth-order valence-electron chi connectivity index (χ4n) is 4.21. The van der Waals surface area contributed by atoms with Gasteiger partial charge in [0, 0.05) is 55.0 Å². The number of benzene rings is 1. The van der Waals surface area contributed by atoms with Gasteiger partial charge in [-0.2, -0.15) is 0 Å². The van der Waals surface area contributed by atoms with Gasteiger partial charge in [0.2, 0.25) is 5.91 Å². The topological polar surface area (TPSA) is 64.2 Å². The number of hydrogen-bond donors (Lipinski definition) is 1. The van der Waals surface area contributed by atoms with Crippen molar-refractivity contribution in [3.05, 3.63) is 66.1 Å². The predicted octanol–water partition coefficient (Wildman–Crippen LogP) is 3.64. The summed E-state index contributed by atoms with van der Waals surface area (Å²) < 4.78 is 2.17. The van der Waals surface area contributed by atoms with Crippen LogP contribution in [0.4, 0.5) is 0 Å². The first kappa shape index (κ1) is 17.7. The molecule has 2 N–H and O–H groups in total. The van der Waals surface area contributed by atoms with E-state index in [1.807, 2.05) is 24.5 Å². The maximum Gasteiger partial charge on any atom is 0.219 e. The number of fused-ring (bicyclic) bond motifs is 1. The van der Waals surface area contributed by atoms with Gasteiger partial charge < -0.3 is 10.3 Å². The predicted molar refractivity (Wildman–Crippen MR) is 107 cm³/mol. The number of pyridine rings is 1. The second kappa shape index (κ2) is 7.92. The quantitative estimate of drug-likeness (QED) is 0.728. The summed E-state index contributed by atoms with van der Waals surface area (Å²) in [5, 5.41) is 1.26. The highest BCUT2D eigenvalue weighted by Gasteiger charge is 2.25. The molecule has 1 amide bonds. The number of likely N-dealkylation sites (tertiary alicyclic amines) is 1. The molecule has 3 heterocycles. The molecule has 1 aliphatic rings. The minimum atomic E-state index is -0.262. The van der Waals surface area contributed by atoms with E-state index in [0.29, 0.717) is 19.0 Å². The number of aromatic nitrogens is 2. The smallest absolute Gasteiger partial charge is 0.219 e. The van der Waals surface area contributed by atoms with Crippen molar-refractivity contribution in [3.63, 3.8) is 0 Å². The van der Waals surface area contributed by atoms with E-state index in [-0.39, 0.29) is 5.91 Å². The number of carbonyl (C=O) groups is 1. The van der Waals surface area contributed by atoms with Crippen LogP contribution in [0.3, 0.4) is 0 Å². The van der Waals surface area contributed by atoms with Gasteiger partial charge in [0.25, 0.3) is 0 Å². The third-order valence-electron chi connectivity index (χ3n) is 5.53. The van der Waals surface area contributed by atoms with Crippen LogP contribution >= 0.6 is 0 Å². The Bertz CT molecular complexity index is 918. The molecule has 1 aliphatic heterocycles. The Morgan fingerprint density at radius 2 is 2.07 bits per heavy atom. The van der Waals surface area contributed by atoms with Gasteiger partial charge in [-0.25, -0.2) is 0 Å². The molecule has 1 saturated heterocycles. The molecule has 0 spiro atoms. The Kier molecular flexibility index (Phi) is 5.21. The fraction of sp³-hybridized carbons (Fsp3) is 0.364. The van der Waals surface area contributed by atoms with E-state index >= 15 is 0 Å². The lowest BCUT2D eigenvalue weighted by atomic mass is 9.96. The Morgan fingerprint density at radius 3 is 2.89 bits per heavy atom. The Morgan fingerprint density at radius 1 is 1.19 bits per heavy atom.